The minimum absolute atomic E-state index is 0.113. The van der Waals surface area contributed by atoms with Gasteiger partial charge in [-0.1, -0.05) is 25.7 Å². The Hall–Kier alpha value is -1.26. The van der Waals surface area contributed by atoms with Gasteiger partial charge in [0.1, 0.15) is 6.54 Å². The molecule has 0 unspecified atom stereocenters. The van der Waals surface area contributed by atoms with E-state index in [9.17, 15) is 9.59 Å². The molecule has 0 aromatic carbocycles. The third-order valence-electron chi connectivity index (χ3n) is 4.01. The fourth-order valence-electron chi connectivity index (χ4n) is 3.06. The van der Waals surface area contributed by atoms with Gasteiger partial charge in [-0.25, -0.2) is 4.79 Å². The van der Waals surface area contributed by atoms with E-state index in [4.69, 9.17) is 5.11 Å². The van der Waals surface area contributed by atoms with Crippen molar-refractivity contribution in [3.05, 3.63) is 0 Å². The van der Waals surface area contributed by atoms with E-state index in [-0.39, 0.29) is 24.7 Å². The minimum Gasteiger partial charge on any atom is -0.480 e. The highest BCUT2D eigenvalue weighted by Gasteiger charge is 2.29. The molecule has 0 spiro atoms. The number of carbonyl (C=O) groups is 2. The third kappa shape index (κ3) is 3.37. The van der Waals surface area contributed by atoms with Crippen LogP contribution in [0.25, 0.3) is 0 Å². The largest absolute Gasteiger partial charge is 0.480 e. The zero-order valence-electron chi connectivity index (χ0n) is 10.7. The second-order valence-electron chi connectivity index (χ2n) is 5.39. The molecule has 0 radical (unpaired) electrons. The van der Waals surface area contributed by atoms with E-state index in [1.807, 2.05) is 0 Å². The van der Waals surface area contributed by atoms with E-state index in [2.05, 4.69) is 5.32 Å². The van der Waals surface area contributed by atoms with Gasteiger partial charge in [-0.3, -0.25) is 4.79 Å². The molecule has 102 valence electrons. The molecule has 18 heavy (non-hydrogen) atoms. The molecule has 2 N–H and O–H groups in total. The van der Waals surface area contributed by atoms with Gasteiger partial charge in [0, 0.05) is 12.1 Å². The van der Waals surface area contributed by atoms with Crippen LogP contribution in [0.1, 0.15) is 51.4 Å². The van der Waals surface area contributed by atoms with Crippen LogP contribution in [0.15, 0.2) is 0 Å². The number of carboxylic acid groups (broad SMARTS) is 1. The summed E-state index contributed by atoms with van der Waals surface area (Å²) in [5, 5.41) is 11.9. The molecule has 0 saturated heterocycles. The average molecular weight is 254 g/mol. The van der Waals surface area contributed by atoms with Gasteiger partial charge in [0.15, 0.2) is 0 Å². The van der Waals surface area contributed by atoms with Crippen LogP contribution < -0.4 is 5.32 Å². The number of carbonyl (C=O) groups excluding carboxylic acids is 1. The van der Waals surface area contributed by atoms with Crippen molar-refractivity contribution in [3.8, 4) is 0 Å². The Bertz CT molecular complexity index is 307. The molecule has 2 fully saturated rings. The lowest BCUT2D eigenvalue weighted by Crippen LogP contribution is -2.50. The lowest BCUT2D eigenvalue weighted by atomic mass is 10.2. The molecular formula is C13H22N2O3. The summed E-state index contributed by atoms with van der Waals surface area (Å²) >= 11 is 0. The van der Waals surface area contributed by atoms with Gasteiger partial charge < -0.3 is 15.3 Å². The fourth-order valence-corrected chi connectivity index (χ4v) is 3.06. The van der Waals surface area contributed by atoms with Crippen molar-refractivity contribution in [3.63, 3.8) is 0 Å². The summed E-state index contributed by atoms with van der Waals surface area (Å²) in [6.45, 7) is -0.177. The summed E-state index contributed by atoms with van der Waals surface area (Å²) in [6, 6.07) is 0.175. The Balaban J connectivity index is 1.93. The zero-order valence-corrected chi connectivity index (χ0v) is 10.7. The van der Waals surface area contributed by atoms with Crippen LogP contribution in [0.5, 0.6) is 0 Å². The molecule has 5 nitrogen and oxygen atoms in total. The number of hydrogen-bond acceptors (Lipinski definition) is 2. The molecule has 0 aromatic rings. The van der Waals surface area contributed by atoms with Crippen molar-refractivity contribution in [2.45, 2.75) is 63.5 Å². The van der Waals surface area contributed by atoms with Crippen LogP contribution in [0.3, 0.4) is 0 Å². The Labute approximate surface area is 108 Å². The van der Waals surface area contributed by atoms with E-state index in [0.29, 0.717) is 0 Å². The number of aliphatic carboxylic acids is 1. The molecule has 2 aliphatic rings. The molecule has 0 aliphatic heterocycles. The Morgan fingerprint density at radius 1 is 1.06 bits per heavy atom. The normalized spacial score (nSPS) is 21.1. The number of nitrogens with one attached hydrogen (secondary N) is 1. The molecule has 5 heteroatoms. The lowest BCUT2D eigenvalue weighted by Gasteiger charge is -2.29. The predicted octanol–water partition coefficient (Wildman–Crippen LogP) is 1.97. The van der Waals surface area contributed by atoms with Gasteiger partial charge >= 0.3 is 12.0 Å². The zero-order chi connectivity index (χ0) is 13.0. The maximum Gasteiger partial charge on any atom is 0.323 e. The highest BCUT2D eigenvalue weighted by molar-refractivity contribution is 5.80. The van der Waals surface area contributed by atoms with E-state index in [1.54, 1.807) is 0 Å². The molecule has 2 aliphatic carbocycles. The first kappa shape index (κ1) is 13.2. The summed E-state index contributed by atoms with van der Waals surface area (Å²) in [7, 11) is 0. The number of urea groups is 1. The molecule has 2 amide bonds. The fraction of sp³-hybridized carbons (Fsp3) is 0.846. The number of hydrogen-bond donors (Lipinski definition) is 2. The quantitative estimate of drug-likeness (QED) is 0.805. The van der Waals surface area contributed by atoms with Gasteiger partial charge in [0.05, 0.1) is 0 Å². The van der Waals surface area contributed by atoms with Crippen LogP contribution in [0.4, 0.5) is 4.79 Å². The summed E-state index contributed by atoms with van der Waals surface area (Å²) in [5.74, 6) is -0.927. The Morgan fingerprint density at radius 2 is 1.61 bits per heavy atom. The first-order chi connectivity index (χ1) is 8.66. The molecule has 2 rings (SSSR count). The first-order valence-corrected chi connectivity index (χ1v) is 6.96. The number of rotatable bonds is 4. The maximum absolute atomic E-state index is 12.2. The monoisotopic (exact) mass is 254 g/mol. The molecule has 2 saturated carbocycles. The van der Waals surface area contributed by atoms with Crippen molar-refractivity contribution in [1.82, 2.24) is 10.2 Å². The van der Waals surface area contributed by atoms with Crippen LogP contribution in [-0.4, -0.2) is 40.6 Å². The van der Waals surface area contributed by atoms with E-state index in [0.717, 1.165) is 51.4 Å². The summed E-state index contributed by atoms with van der Waals surface area (Å²) in [4.78, 5) is 24.6. The van der Waals surface area contributed by atoms with Gasteiger partial charge in [-0.05, 0) is 25.7 Å². The number of carboxylic acids is 1. The minimum atomic E-state index is -0.927. The van der Waals surface area contributed by atoms with Crippen molar-refractivity contribution in [2.24, 2.45) is 0 Å². The maximum atomic E-state index is 12.2. The average Bonchev–Trinajstić information content (AvgIpc) is 2.97. The van der Waals surface area contributed by atoms with E-state index in [1.165, 1.54) is 4.90 Å². The second-order valence-corrected chi connectivity index (χ2v) is 5.39. The van der Waals surface area contributed by atoms with Crippen LogP contribution >= 0.6 is 0 Å². The topological polar surface area (TPSA) is 69.6 Å². The molecule has 0 aromatic heterocycles. The van der Waals surface area contributed by atoms with Crippen LogP contribution in [0.2, 0.25) is 0 Å². The van der Waals surface area contributed by atoms with Crippen molar-refractivity contribution < 1.29 is 14.7 Å². The van der Waals surface area contributed by atoms with Gasteiger partial charge in [0.25, 0.3) is 0 Å². The summed E-state index contributed by atoms with van der Waals surface area (Å²) in [6.07, 6.45) is 8.43. The lowest BCUT2D eigenvalue weighted by molar-refractivity contribution is -0.138. The Morgan fingerprint density at radius 3 is 2.17 bits per heavy atom. The number of amides is 2. The SMILES string of the molecule is O=C(O)CN(C(=O)NC1CCCC1)C1CCCC1. The van der Waals surface area contributed by atoms with Gasteiger partial charge in [-0.15, -0.1) is 0 Å². The number of nitrogens with zero attached hydrogens (tertiary/aromatic N) is 1. The highest BCUT2D eigenvalue weighted by Crippen LogP contribution is 2.24. The second kappa shape index (κ2) is 6.07. The van der Waals surface area contributed by atoms with Crippen molar-refractivity contribution >= 4 is 12.0 Å². The van der Waals surface area contributed by atoms with E-state index >= 15 is 0 Å². The van der Waals surface area contributed by atoms with Crippen LogP contribution in [0, 0.1) is 0 Å². The smallest absolute Gasteiger partial charge is 0.323 e. The molecule has 0 heterocycles. The summed E-state index contributed by atoms with van der Waals surface area (Å²) in [5.41, 5.74) is 0. The Kier molecular flexibility index (Phi) is 4.44. The standard InChI is InChI=1S/C13H22N2O3/c16-12(17)9-15(11-7-3-4-8-11)13(18)14-10-5-1-2-6-10/h10-11H,1-9H2,(H,14,18)(H,16,17). The van der Waals surface area contributed by atoms with E-state index < -0.39 is 5.97 Å². The van der Waals surface area contributed by atoms with Gasteiger partial charge in [-0.2, -0.15) is 0 Å². The highest BCUT2D eigenvalue weighted by atomic mass is 16.4. The molecular weight excluding hydrogens is 232 g/mol. The predicted molar refractivity (Wildman–Crippen MR) is 67.4 cm³/mol. The summed E-state index contributed by atoms with van der Waals surface area (Å²) < 4.78 is 0. The first-order valence-electron chi connectivity index (χ1n) is 6.96. The van der Waals surface area contributed by atoms with Gasteiger partial charge in [0.2, 0.25) is 0 Å². The molecule has 0 bridgehead atoms. The third-order valence-corrected chi connectivity index (χ3v) is 4.01. The van der Waals surface area contributed by atoms with Crippen molar-refractivity contribution in [2.75, 3.05) is 6.54 Å². The van der Waals surface area contributed by atoms with Crippen LogP contribution in [-0.2, 0) is 4.79 Å². The van der Waals surface area contributed by atoms with Crippen molar-refractivity contribution in [1.29, 1.82) is 0 Å². The molecule has 0 atom stereocenters.